The molecule has 0 saturated carbocycles. The number of carbonyl (C=O) groups is 1. The number of halogens is 1. The van der Waals surface area contributed by atoms with Gasteiger partial charge in [0.15, 0.2) is 0 Å². The van der Waals surface area contributed by atoms with Crippen LogP contribution in [0, 0.1) is 0 Å². The highest BCUT2D eigenvalue weighted by atomic mass is 79.9. The Kier molecular flexibility index (Phi) is 4.47. The first-order valence-corrected chi connectivity index (χ1v) is 7.29. The molecule has 19 heavy (non-hydrogen) atoms. The summed E-state index contributed by atoms with van der Waals surface area (Å²) >= 11 is 3.39. The lowest BCUT2D eigenvalue weighted by atomic mass is 10.1. The van der Waals surface area contributed by atoms with Gasteiger partial charge in [-0.2, -0.15) is 0 Å². The second-order valence-electron chi connectivity index (χ2n) is 4.99. The van der Waals surface area contributed by atoms with E-state index in [1.165, 1.54) is 0 Å². The van der Waals surface area contributed by atoms with Crippen LogP contribution in [0.3, 0.4) is 0 Å². The number of likely N-dealkylation sites (N-methyl/N-ethyl adjacent to an activating group) is 1. The van der Waals surface area contributed by atoms with Gasteiger partial charge in [-0.3, -0.25) is 4.90 Å². The Balaban J connectivity index is 2.24. The third-order valence-electron chi connectivity index (χ3n) is 3.74. The van der Waals surface area contributed by atoms with Crippen molar-refractivity contribution < 1.29 is 9.90 Å². The highest BCUT2D eigenvalue weighted by Gasteiger charge is 2.23. The van der Waals surface area contributed by atoms with Crippen molar-refractivity contribution in [2.24, 2.45) is 0 Å². The number of nitrogens with zero attached hydrogens (tertiary/aromatic N) is 2. The molecular weight excluding hydrogens is 308 g/mol. The summed E-state index contributed by atoms with van der Waals surface area (Å²) in [5.41, 5.74) is 1.31. The van der Waals surface area contributed by atoms with Crippen molar-refractivity contribution in [2.75, 3.05) is 31.6 Å². The van der Waals surface area contributed by atoms with Gasteiger partial charge in [0.05, 0.1) is 5.56 Å². The number of benzene rings is 1. The molecule has 1 aromatic carbocycles. The Morgan fingerprint density at radius 2 is 2.16 bits per heavy atom. The number of rotatable bonds is 3. The van der Waals surface area contributed by atoms with E-state index in [1.54, 1.807) is 12.1 Å². The second-order valence-corrected chi connectivity index (χ2v) is 5.91. The van der Waals surface area contributed by atoms with E-state index in [1.807, 2.05) is 6.07 Å². The zero-order chi connectivity index (χ0) is 14.0. The average molecular weight is 327 g/mol. The molecule has 2 rings (SSSR count). The summed E-state index contributed by atoms with van der Waals surface area (Å²) in [6.07, 6.45) is 1.10. The van der Waals surface area contributed by atoms with Crippen LogP contribution in [-0.4, -0.2) is 48.7 Å². The number of aromatic carboxylic acids is 1. The molecule has 0 spiro atoms. The minimum atomic E-state index is -0.885. The molecule has 1 aromatic rings. The summed E-state index contributed by atoms with van der Waals surface area (Å²) in [4.78, 5) is 15.7. The number of carboxylic acids is 1. The lowest BCUT2D eigenvalue weighted by Gasteiger charge is -2.40. The molecule has 4 nitrogen and oxygen atoms in total. The van der Waals surface area contributed by atoms with Crippen molar-refractivity contribution in [3.63, 3.8) is 0 Å². The Hall–Kier alpha value is -1.07. The zero-order valence-corrected chi connectivity index (χ0v) is 12.9. The van der Waals surface area contributed by atoms with Crippen LogP contribution in [0.25, 0.3) is 0 Å². The molecule has 0 bridgehead atoms. The summed E-state index contributed by atoms with van der Waals surface area (Å²) in [5, 5.41) is 9.12. The van der Waals surface area contributed by atoms with Crippen LogP contribution in [0.1, 0.15) is 23.7 Å². The molecule has 0 aromatic heterocycles. The molecule has 1 unspecified atom stereocenters. The SMILES string of the molecule is CCC1CN(c2cc(Br)cc(C(=O)O)c2)CCN1C. The fourth-order valence-corrected chi connectivity index (χ4v) is 2.98. The summed E-state index contributed by atoms with van der Waals surface area (Å²) in [7, 11) is 2.15. The lowest BCUT2D eigenvalue weighted by Crippen LogP contribution is -2.51. The molecule has 5 heteroatoms. The van der Waals surface area contributed by atoms with Crippen molar-refractivity contribution in [1.82, 2.24) is 4.90 Å². The lowest BCUT2D eigenvalue weighted by molar-refractivity contribution is 0.0697. The predicted molar refractivity (Wildman–Crippen MR) is 80.0 cm³/mol. The molecule has 1 aliphatic rings. The Morgan fingerprint density at radius 1 is 1.42 bits per heavy atom. The summed E-state index contributed by atoms with van der Waals surface area (Å²) in [6.45, 7) is 5.08. The van der Waals surface area contributed by atoms with E-state index >= 15 is 0 Å². The first-order valence-electron chi connectivity index (χ1n) is 6.50. The van der Waals surface area contributed by atoms with Crippen molar-refractivity contribution in [3.8, 4) is 0 Å². The van der Waals surface area contributed by atoms with E-state index in [0.29, 0.717) is 11.6 Å². The Labute approximate surface area is 122 Å². The fourth-order valence-electron chi connectivity index (χ4n) is 2.50. The summed E-state index contributed by atoms with van der Waals surface area (Å²) in [5.74, 6) is -0.885. The van der Waals surface area contributed by atoms with E-state index in [4.69, 9.17) is 5.11 Å². The quantitative estimate of drug-likeness (QED) is 0.927. The first-order chi connectivity index (χ1) is 9.01. The van der Waals surface area contributed by atoms with Crippen molar-refractivity contribution in [3.05, 3.63) is 28.2 Å². The van der Waals surface area contributed by atoms with E-state index in [-0.39, 0.29) is 0 Å². The van der Waals surface area contributed by atoms with Gasteiger partial charge in [-0.05, 0) is 31.7 Å². The van der Waals surface area contributed by atoms with Gasteiger partial charge >= 0.3 is 5.97 Å². The van der Waals surface area contributed by atoms with Crippen LogP contribution in [0.4, 0.5) is 5.69 Å². The van der Waals surface area contributed by atoms with Crippen LogP contribution in [0.5, 0.6) is 0 Å². The van der Waals surface area contributed by atoms with Gasteiger partial charge in [-0.1, -0.05) is 22.9 Å². The smallest absolute Gasteiger partial charge is 0.335 e. The highest BCUT2D eigenvalue weighted by molar-refractivity contribution is 9.10. The molecular formula is C14H19BrN2O2. The van der Waals surface area contributed by atoms with Crippen LogP contribution in [0.2, 0.25) is 0 Å². The van der Waals surface area contributed by atoms with Gasteiger partial charge in [0.1, 0.15) is 0 Å². The number of hydrogen-bond acceptors (Lipinski definition) is 3. The maximum atomic E-state index is 11.1. The third-order valence-corrected chi connectivity index (χ3v) is 4.20. The van der Waals surface area contributed by atoms with Gasteiger partial charge in [0.2, 0.25) is 0 Å². The Morgan fingerprint density at radius 3 is 2.79 bits per heavy atom. The normalized spacial score (nSPS) is 20.6. The van der Waals surface area contributed by atoms with E-state index in [9.17, 15) is 4.79 Å². The number of anilines is 1. The zero-order valence-electron chi connectivity index (χ0n) is 11.3. The van der Waals surface area contributed by atoms with Crippen LogP contribution in [-0.2, 0) is 0 Å². The van der Waals surface area contributed by atoms with Gasteiger partial charge < -0.3 is 10.0 Å². The maximum absolute atomic E-state index is 11.1. The molecule has 1 heterocycles. The minimum Gasteiger partial charge on any atom is -0.478 e. The minimum absolute atomic E-state index is 0.330. The molecule has 1 atom stereocenters. The second kappa shape index (κ2) is 5.92. The molecule has 0 amide bonds. The monoisotopic (exact) mass is 326 g/mol. The van der Waals surface area contributed by atoms with Crippen molar-refractivity contribution in [1.29, 1.82) is 0 Å². The highest BCUT2D eigenvalue weighted by Crippen LogP contribution is 2.25. The molecule has 0 aliphatic carbocycles. The molecule has 1 saturated heterocycles. The standard InChI is InChI=1S/C14H19BrN2O2/c1-3-12-9-17(5-4-16(12)2)13-7-10(14(18)19)6-11(15)8-13/h6-8,12H,3-5,9H2,1-2H3,(H,18,19). The van der Waals surface area contributed by atoms with Crippen LogP contribution in [0.15, 0.2) is 22.7 Å². The molecule has 1 aliphatic heterocycles. The molecule has 104 valence electrons. The maximum Gasteiger partial charge on any atom is 0.335 e. The number of carboxylic acid groups (broad SMARTS) is 1. The predicted octanol–water partition coefficient (Wildman–Crippen LogP) is 2.68. The van der Waals surface area contributed by atoms with Gasteiger partial charge in [-0.25, -0.2) is 4.79 Å². The summed E-state index contributed by atoms with van der Waals surface area (Å²) < 4.78 is 0.814. The summed E-state index contributed by atoms with van der Waals surface area (Å²) in [6, 6.07) is 5.91. The topological polar surface area (TPSA) is 43.8 Å². The van der Waals surface area contributed by atoms with Gasteiger partial charge in [-0.15, -0.1) is 0 Å². The van der Waals surface area contributed by atoms with E-state index < -0.39 is 5.97 Å². The number of piperazine rings is 1. The fraction of sp³-hybridized carbons (Fsp3) is 0.500. The average Bonchev–Trinajstić information content (AvgIpc) is 2.38. The number of hydrogen-bond donors (Lipinski definition) is 1. The van der Waals surface area contributed by atoms with Gasteiger partial charge in [0, 0.05) is 35.8 Å². The van der Waals surface area contributed by atoms with E-state index in [2.05, 4.69) is 39.7 Å². The van der Waals surface area contributed by atoms with Crippen molar-refractivity contribution in [2.45, 2.75) is 19.4 Å². The van der Waals surface area contributed by atoms with Crippen LogP contribution >= 0.6 is 15.9 Å². The largest absolute Gasteiger partial charge is 0.478 e. The van der Waals surface area contributed by atoms with Crippen molar-refractivity contribution >= 4 is 27.6 Å². The third kappa shape index (κ3) is 3.28. The van der Waals surface area contributed by atoms with E-state index in [0.717, 1.165) is 36.2 Å². The van der Waals surface area contributed by atoms with Gasteiger partial charge in [0.25, 0.3) is 0 Å². The molecule has 1 N–H and O–H groups in total. The molecule has 0 radical (unpaired) electrons. The molecule has 1 fully saturated rings. The Bertz CT molecular complexity index is 479. The van der Waals surface area contributed by atoms with Crippen LogP contribution < -0.4 is 4.90 Å². The first kappa shape index (κ1) is 14.3.